The lowest BCUT2D eigenvalue weighted by Gasteiger charge is -2.31. The normalized spacial score (nSPS) is 11.9. The third-order valence-electron chi connectivity index (χ3n) is 2.54. The quantitative estimate of drug-likeness (QED) is 0.515. The fourth-order valence-electron chi connectivity index (χ4n) is 1.59. The van der Waals surface area contributed by atoms with E-state index in [2.05, 4.69) is 0 Å². The Morgan fingerprint density at radius 3 is 1.95 bits per heavy atom. The summed E-state index contributed by atoms with van der Waals surface area (Å²) in [5, 5.41) is -0.332. The smallest absolute Gasteiger partial charge is 0.328 e. The van der Waals surface area contributed by atoms with E-state index in [1.165, 1.54) is 25.9 Å². The molecule has 0 aliphatic heterocycles. The molecule has 1 atom stereocenters. The highest BCUT2D eigenvalue weighted by Crippen LogP contribution is 2.18. The predicted molar refractivity (Wildman–Crippen MR) is 83.8 cm³/mol. The minimum atomic E-state index is -0.776. The summed E-state index contributed by atoms with van der Waals surface area (Å²) in [6.45, 7) is 6.34. The van der Waals surface area contributed by atoms with Gasteiger partial charge in [-0.3, -0.25) is 14.4 Å². The van der Waals surface area contributed by atoms with Gasteiger partial charge in [-0.15, -0.1) is 0 Å². The van der Waals surface area contributed by atoms with Crippen LogP contribution in [0, 0.1) is 5.92 Å². The van der Waals surface area contributed by atoms with Crippen LogP contribution in [0.25, 0.3) is 0 Å². The van der Waals surface area contributed by atoms with Crippen LogP contribution in [0.5, 0.6) is 0 Å². The summed E-state index contributed by atoms with van der Waals surface area (Å²) in [4.78, 5) is 47.5. The molecule has 0 heterocycles. The van der Waals surface area contributed by atoms with Crippen LogP contribution in [0.3, 0.4) is 0 Å². The molecule has 0 rings (SSSR count). The van der Waals surface area contributed by atoms with E-state index in [4.69, 9.17) is 4.74 Å². The van der Waals surface area contributed by atoms with Crippen LogP contribution in [0.2, 0.25) is 0 Å². The molecule has 0 spiro atoms. The van der Waals surface area contributed by atoms with E-state index in [9.17, 15) is 19.2 Å². The Morgan fingerprint density at radius 2 is 1.57 bits per heavy atom. The van der Waals surface area contributed by atoms with Crippen LogP contribution in [0.1, 0.15) is 27.7 Å². The molecule has 0 aliphatic carbocycles. The minimum Gasteiger partial charge on any atom is -0.467 e. The molecule has 8 heteroatoms. The van der Waals surface area contributed by atoms with Crippen LogP contribution < -0.4 is 0 Å². The maximum atomic E-state index is 12.2. The molecule has 0 fully saturated rings. The molecule has 0 saturated heterocycles. The highest BCUT2D eigenvalue weighted by Gasteiger charge is 2.33. The zero-order valence-electron chi connectivity index (χ0n) is 12.9. The number of thioether (sulfide) groups is 2. The molecule has 0 N–H and O–H groups in total. The molecule has 120 valence electrons. The lowest BCUT2D eigenvalue weighted by molar-refractivity contribution is -0.153. The van der Waals surface area contributed by atoms with E-state index < -0.39 is 12.0 Å². The fraction of sp³-hybridized carbons (Fsp3) is 0.692. The van der Waals surface area contributed by atoms with Gasteiger partial charge in [-0.25, -0.2) is 4.79 Å². The monoisotopic (exact) mass is 335 g/mol. The summed E-state index contributed by atoms with van der Waals surface area (Å²) in [5.74, 6) is -1.07. The molecule has 1 amide bonds. The maximum absolute atomic E-state index is 12.2. The number of rotatable bonds is 7. The Kier molecular flexibility index (Phi) is 9.36. The summed E-state index contributed by atoms with van der Waals surface area (Å²) < 4.78 is 4.74. The summed E-state index contributed by atoms with van der Waals surface area (Å²) in [5.41, 5.74) is 0. The first kappa shape index (κ1) is 20.0. The van der Waals surface area contributed by atoms with Crippen molar-refractivity contribution in [2.45, 2.75) is 33.7 Å². The first-order valence-electron chi connectivity index (χ1n) is 6.34. The Hall–Kier alpha value is -1.02. The van der Waals surface area contributed by atoms with Crippen LogP contribution in [0.15, 0.2) is 0 Å². The second-order valence-electron chi connectivity index (χ2n) is 4.62. The van der Waals surface area contributed by atoms with Crippen molar-refractivity contribution in [1.29, 1.82) is 0 Å². The zero-order chi connectivity index (χ0) is 16.6. The minimum absolute atomic E-state index is 0.0601. The highest BCUT2D eigenvalue weighted by atomic mass is 32.2. The van der Waals surface area contributed by atoms with Gasteiger partial charge in [0.1, 0.15) is 6.04 Å². The summed E-state index contributed by atoms with van der Waals surface area (Å²) >= 11 is 1.81. The van der Waals surface area contributed by atoms with Crippen molar-refractivity contribution in [2.75, 3.05) is 18.7 Å². The number of ether oxygens (including phenoxy) is 1. The standard InChI is InChI=1S/C13H21NO5S2/c1-8(2)12(13(18)19-5)14(7-21-10(4)16)11(17)6-20-9(3)15/h8,12H,6-7H2,1-5H3. The molecule has 6 nitrogen and oxygen atoms in total. The number of nitrogens with zero attached hydrogens (tertiary/aromatic N) is 1. The van der Waals surface area contributed by atoms with Gasteiger partial charge in [0.25, 0.3) is 0 Å². The zero-order valence-corrected chi connectivity index (χ0v) is 14.5. The summed E-state index contributed by atoms with van der Waals surface area (Å²) in [6, 6.07) is -0.776. The Balaban J connectivity index is 5.15. The van der Waals surface area contributed by atoms with Gasteiger partial charge in [0.05, 0.1) is 18.7 Å². The van der Waals surface area contributed by atoms with Gasteiger partial charge < -0.3 is 9.64 Å². The van der Waals surface area contributed by atoms with Gasteiger partial charge in [-0.1, -0.05) is 37.4 Å². The number of carbonyl (C=O) groups excluding carboxylic acids is 4. The van der Waals surface area contributed by atoms with E-state index in [1.54, 1.807) is 13.8 Å². The number of amides is 1. The van der Waals surface area contributed by atoms with Crippen molar-refractivity contribution in [3.8, 4) is 0 Å². The van der Waals surface area contributed by atoms with E-state index in [1.807, 2.05) is 0 Å². The average molecular weight is 335 g/mol. The van der Waals surface area contributed by atoms with Crippen molar-refractivity contribution >= 4 is 45.6 Å². The van der Waals surface area contributed by atoms with Crippen LogP contribution in [-0.4, -0.2) is 51.8 Å². The number of methoxy groups -OCH3 is 1. The largest absolute Gasteiger partial charge is 0.467 e. The molecular weight excluding hydrogens is 314 g/mol. The molecular formula is C13H21NO5S2. The molecule has 0 aliphatic rings. The molecule has 0 saturated carbocycles. The highest BCUT2D eigenvalue weighted by molar-refractivity contribution is 8.14. The number of carbonyl (C=O) groups is 4. The van der Waals surface area contributed by atoms with E-state index in [-0.39, 0.29) is 33.7 Å². The SMILES string of the molecule is COC(=O)C(C(C)C)N(CSC(C)=O)C(=O)CSC(C)=O. The average Bonchev–Trinajstić information content (AvgIpc) is 2.39. The Bertz CT molecular complexity index is 411. The fourth-order valence-corrected chi connectivity index (χ4v) is 2.71. The number of hydrogen-bond acceptors (Lipinski definition) is 7. The molecule has 0 aromatic heterocycles. The van der Waals surface area contributed by atoms with Gasteiger partial charge in [0.15, 0.2) is 10.2 Å². The summed E-state index contributed by atoms with van der Waals surface area (Å²) in [7, 11) is 1.25. The van der Waals surface area contributed by atoms with E-state index in [0.29, 0.717) is 0 Å². The molecule has 0 aromatic rings. The molecule has 1 unspecified atom stereocenters. The topological polar surface area (TPSA) is 80.8 Å². The van der Waals surface area contributed by atoms with E-state index in [0.717, 1.165) is 23.5 Å². The van der Waals surface area contributed by atoms with Crippen molar-refractivity contribution in [2.24, 2.45) is 5.92 Å². The maximum Gasteiger partial charge on any atom is 0.328 e. The molecule has 0 radical (unpaired) electrons. The lowest BCUT2D eigenvalue weighted by Crippen LogP contribution is -2.49. The predicted octanol–water partition coefficient (Wildman–Crippen LogP) is 1.53. The Labute approximate surface area is 133 Å². The third-order valence-corrected chi connectivity index (χ3v) is 4.15. The van der Waals surface area contributed by atoms with Gasteiger partial charge in [-0.2, -0.15) is 0 Å². The van der Waals surface area contributed by atoms with E-state index >= 15 is 0 Å². The van der Waals surface area contributed by atoms with Crippen LogP contribution >= 0.6 is 23.5 Å². The molecule has 0 bridgehead atoms. The first-order valence-corrected chi connectivity index (χ1v) is 8.31. The second kappa shape index (κ2) is 9.83. The number of esters is 1. The molecule has 0 aromatic carbocycles. The van der Waals surface area contributed by atoms with Crippen LogP contribution in [-0.2, 0) is 23.9 Å². The van der Waals surface area contributed by atoms with Gasteiger partial charge in [-0.05, 0) is 5.92 Å². The van der Waals surface area contributed by atoms with Gasteiger partial charge in [0.2, 0.25) is 5.91 Å². The molecule has 21 heavy (non-hydrogen) atoms. The van der Waals surface area contributed by atoms with Gasteiger partial charge in [0, 0.05) is 13.8 Å². The lowest BCUT2D eigenvalue weighted by atomic mass is 10.0. The first-order chi connectivity index (χ1) is 9.70. The second-order valence-corrected chi connectivity index (χ2v) is 6.89. The number of hydrogen-bond donors (Lipinski definition) is 0. The van der Waals surface area contributed by atoms with Crippen molar-refractivity contribution in [3.05, 3.63) is 0 Å². The summed E-state index contributed by atoms with van der Waals surface area (Å²) in [6.07, 6.45) is 0. The van der Waals surface area contributed by atoms with Crippen molar-refractivity contribution in [3.63, 3.8) is 0 Å². The van der Waals surface area contributed by atoms with Crippen molar-refractivity contribution in [1.82, 2.24) is 4.90 Å². The third kappa shape index (κ3) is 7.52. The van der Waals surface area contributed by atoms with Crippen LogP contribution in [0.4, 0.5) is 0 Å². The van der Waals surface area contributed by atoms with Crippen molar-refractivity contribution < 1.29 is 23.9 Å². The van der Waals surface area contributed by atoms with Gasteiger partial charge >= 0.3 is 5.97 Å². The Morgan fingerprint density at radius 1 is 1.05 bits per heavy atom.